The molecule has 2 N–H and O–H groups in total. The van der Waals surface area contributed by atoms with Gasteiger partial charge in [-0.25, -0.2) is 0 Å². The monoisotopic (exact) mass is 448 g/mol. The molecule has 0 atom stereocenters. The average molecular weight is 449 g/mol. The fourth-order valence-electron chi connectivity index (χ4n) is 2.08. The van der Waals surface area contributed by atoms with E-state index < -0.39 is 0 Å². The third kappa shape index (κ3) is 5.98. The predicted molar refractivity (Wildman–Crippen MR) is 104 cm³/mol. The highest BCUT2D eigenvalue weighted by Crippen LogP contribution is 2.14. The summed E-state index contributed by atoms with van der Waals surface area (Å²) in [5.41, 5.74) is 1.12. The Hall–Kier alpha value is -1.35. The minimum atomic E-state index is 0. The number of halogens is 2. The van der Waals surface area contributed by atoms with Gasteiger partial charge in [-0.15, -0.1) is 34.2 Å². The van der Waals surface area contributed by atoms with Gasteiger partial charge in [-0.05, 0) is 25.0 Å². The first-order chi connectivity index (χ1) is 10.7. The average Bonchev–Trinajstić information content (AvgIpc) is 3.00. The zero-order chi connectivity index (χ0) is 15.8. The van der Waals surface area contributed by atoms with E-state index >= 15 is 0 Å². The van der Waals surface area contributed by atoms with Crippen molar-refractivity contribution in [1.82, 2.24) is 25.4 Å². The van der Waals surface area contributed by atoms with Gasteiger partial charge in [0.05, 0.1) is 6.54 Å². The summed E-state index contributed by atoms with van der Waals surface area (Å²) >= 11 is 6.14. The molecule has 0 saturated carbocycles. The number of aromatic nitrogens is 3. The number of hydrogen-bond donors (Lipinski definition) is 2. The molecule has 2 rings (SSSR count). The Kier molecular flexibility index (Phi) is 8.93. The Bertz CT molecular complexity index is 628. The lowest BCUT2D eigenvalue weighted by Crippen LogP contribution is -2.38. The second-order valence-corrected chi connectivity index (χ2v) is 5.13. The highest BCUT2D eigenvalue weighted by Gasteiger charge is 2.04. The van der Waals surface area contributed by atoms with Gasteiger partial charge >= 0.3 is 0 Å². The molecule has 0 fully saturated rings. The molecule has 0 unspecified atom stereocenters. The number of nitrogens with zero attached hydrogens (tertiary/aromatic N) is 4. The minimum Gasteiger partial charge on any atom is -0.356 e. The molecule has 2 aromatic rings. The van der Waals surface area contributed by atoms with Crippen LogP contribution < -0.4 is 10.6 Å². The lowest BCUT2D eigenvalue weighted by Gasteiger charge is -2.12. The molecular weight excluding hydrogens is 427 g/mol. The van der Waals surface area contributed by atoms with Crippen LogP contribution in [0.3, 0.4) is 0 Å². The first-order valence-electron chi connectivity index (χ1n) is 7.29. The normalized spacial score (nSPS) is 11.0. The minimum absolute atomic E-state index is 0. The van der Waals surface area contributed by atoms with Gasteiger partial charge in [0, 0.05) is 25.2 Å². The molecular formula is C15H22ClIN6. The molecule has 0 bridgehead atoms. The largest absolute Gasteiger partial charge is 0.356 e. The van der Waals surface area contributed by atoms with Crippen molar-refractivity contribution in [2.45, 2.75) is 26.4 Å². The zero-order valence-corrected chi connectivity index (χ0v) is 16.4. The van der Waals surface area contributed by atoms with Crippen molar-refractivity contribution in [2.24, 2.45) is 4.99 Å². The summed E-state index contributed by atoms with van der Waals surface area (Å²) in [5, 5.41) is 15.3. The van der Waals surface area contributed by atoms with Gasteiger partial charge < -0.3 is 15.2 Å². The number of aliphatic imine (C=N–C) groups is 1. The molecule has 0 amide bonds. The molecule has 8 heteroatoms. The SMILES string of the molecule is CCn1cnnc1CNC(=NC)NCCc1ccccc1Cl.I. The number of benzene rings is 1. The van der Waals surface area contributed by atoms with Crippen molar-refractivity contribution in [3.05, 3.63) is 47.0 Å². The lowest BCUT2D eigenvalue weighted by atomic mass is 10.1. The van der Waals surface area contributed by atoms with Crippen LogP contribution in [-0.4, -0.2) is 34.3 Å². The molecule has 0 aliphatic rings. The van der Waals surface area contributed by atoms with Crippen LogP contribution in [0.5, 0.6) is 0 Å². The third-order valence-corrected chi connectivity index (χ3v) is 3.69. The van der Waals surface area contributed by atoms with E-state index in [9.17, 15) is 0 Å². The van der Waals surface area contributed by atoms with Gasteiger partial charge in [-0.3, -0.25) is 4.99 Å². The summed E-state index contributed by atoms with van der Waals surface area (Å²) in [6, 6.07) is 7.86. The second-order valence-electron chi connectivity index (χ2n) is 4.73. The standard InChI is InChI=1S/C15H21ClN6.HI/c1-3-22-11-20-21-14(22)10-19-15(17-2)18-9-8-12-6-4-5-7-13(12)16;/h4-7,11H,3,8-10H2,1-2H3,(H2,17,18,19);1H. The summed E-state index contributed by atoms with van der Waals surface area (Å²) < 4.78 is 1.99. The maximum atomic E-state index is 6.14. The van der Waals surface area contributed by atoms with Gasteiger partial charge in [0.15, 0.2) is 11.8 Å². The number of guanidine groups is 1. The maximum absolute atomic E-state index is 6.14. The molecule has 1 aromatic heterocycles. The number of nitrogens with one attached hydrogen (secondary N) is 2. The van der Waals surface area contributed by atoms with Gasteiger partial charge in [-0.2, -0.15) is 0 Å². The lowest BCUT2D eigenvalue weighted by molar-refractivity contribution is 0.669. The van der Waals surface area contributed by atoms with E-state index in [4.69, 9.17) is 11.6 Å². The van der Waals surface area contributed by atoms with Crippen LogP contribution in [0.2, 0.25) is 5.02 Å². The molecule has 0 radical (unpaired) electrons. The zero-order valence-electron chi connectivity index (χ0n) is 13.3. The number of aryl methyl sites for hydroxylation is 1. The summed E-state index contributed by atoms with van der Waals surface area (Å²) in [6.45, 7) is 4.25. The van der Waals surface area contributed by atoms with Crippen LogP contribution in [0, 0.1) is 0 Å². The summed E-state index contributed by atoms with van der Waals surface area (Å²) in [5.74, 6) is 1.62. The van der Waals surface area contributed by atoms with E-state index in [1.165, 1.54) is 0 Å². The molecule has 1 aromatic carbocycles. The Balaban J connectivity index is 0.00000264. The predicted octanol–water partition coefficient (Wildman–Crippen LogP) is 2.48. The van der Waals surface area contributed by atoms with Gasteiger partial charge in [0.25, 0.3) is 0 Å². The first kappa shape index (κ1) is 19.7. The van der Waals surface area contributed by atoms with Gasteiger partial charge in [-0.1, -0.05) is 29.8 Å². The van der Waals surface area contributed by atoms with Crippen LogP contribution >= 0.6 is 35.6 Å². The molecule has 6 nitrogen and oxygen atoms in total. The highest BCUT2D eigenvalue weighted by molar-refractivity contribution is 14.0. The molecule has 23 heavy (non-hydrogen) atoms. The Labute approximate surface area is 158 Å². The molecule has 0 saturated heterocycles. The smallest absolute Gasteiger partial charge is 0.191 e. The van der Waals surface area contributed by atoms with Crippen molar-refractivity contribution in [2.75, 3.05) is 13.6 Å². The van der Waals surface area contributed by atoms with Crippen molar-refractivity contribution in [3.63, 3.8) is 0 Å². The van der Waals surface area contributed by atoms with Crippen LogP contribution in [-0.2, 0) is 19.5 Å². The maximum Gasteiger partial charge on any atom is 0.191 e. The van der Waals surface area contributed by atoms with E-state index in [0.717, 1.165) is 41.9 Å². The number of rotatable bonds is 6. The van der Waals surface area contributed by atoms with E-state index in [1.54, 1.807) is 13.4 Å². The quantitative estimate of drug-likeness (QED) is 0.405. The van der Waals surface area contributed by atoms with Gasteiger partial charge in [0.1, 0.15) is 6.33 Å². The number of hydrogen-bond acceptors (Lipinski definition) is 3. The Morgan fingerprint density at radius 2 is 2.09 bits per heavy atom. The van der Waals surface area contributed by atoms with Crippen LogP contribution in [0.1, 0.15) is 18.3 Å². The van der Waals surface area contributed by atoms with Crippen molar-refractivity contribution < 1.29 is 0 Å². The van der Waals surface area contributed by atoms with Crippen LogP contribution in [0.4, 0.5) is 0 Å². The van der Waals surface area contributed by atoms with Crippen LogP contribution in [0.25, 0.3) is 0 Å². The summed E-state index contributed by atoms with van der Waals surface area (Å²) in [4.78, 5) is 4.20. The third-order valence-electron chi connectivity index (χ3n) is 3.32. The molecule has 0 aliphatic carbocycles. The molecule has 1 heterocycles. The van der Waals surface area contributed by atoms with E-state index in [-0.39, 0.29) is 24.0 Å². The molecule has 0 spiro atoms. The van der Waals surface area contributed by atoms with E-state index in [2.05, 4.69) is 32.7 Å². The summed E-state index contributed by atoms with van der Waals surface area (Å²) in [7, 11) is 1.75. The fraction of sp³-hybridized carbons (Fsp3) is 0.400. The first-order valence-corrected chi connectivity index (χ1v) is 7.67. The topological polar surface area (TPSA) is 67.1 Å². The summed E-state index contributed by atoms with van der Waals surface area (Å²) in [6.07, 6.45) is 2.57. The van der Waals surface area contributed by atoms with Crippen molar-refractivity contribution in [3.8, 4) is 0 Å². The molecule has 0 aliphatic heterocycles. The van der Waals surface area contributed by atoms with E-state index in [1.807, 2.05) is 28.8 Å². The fourth-order valence-corrected chi connectivity index (χ4v) is 2.31. The van der Waals surface area contributed by atoms with Crippen LogP contribution in [0.15, 0.2) is 35.6 Å². The van der Waals surface area contributed by atoms with E-state index in [0.29, 0.717) is 6.54 Å². The van der Waals surface area contributed by atoms with Crippen molar-refractivity contribution >= 4 is 41.5 Å². The van der Waals surface area contributed by atoms with Crippen molar-refractivity contribution in [1.29, 1.82) is 0 Å². The molecule has 126 valence electrons. The highest BCUT2D eigenvalue weighted by atomic mass is 127. The Morgan fingerprint density at radius 3 is 2.78 bits per heavy atom. The van der Waals surface area contributed by atoms with Gasteiger partial charge in [0.2, 0.25) is 0 Å². The second kappa shape index (κ2) is 10.4. The Morgan fingerprint density at radius 1 is 1.30 bits per heavy atom.